The number of carbonyl (C=O) groups excluding carboxylic acids is 1. The molecular formula is C16H18BrN3O4S. The molecule has 1 heterocycles. The molecule has 1 fully saturated rings. The molecule has 0 radical (unpaired) electrons. The fourth-order valence-corrected chi connectivity index (χ4v) is 3.19. The second kappa shape index (κ2) is 9.00. The lowest BCUT2D eigenvalue weighted by molar-refractivity contribution is -0.138. The van der Waals surface area contributed by atoms with Gasteiger partial charge < -0.3 is 15.2 Å². The molecule has 0 spiro atoms. The van der Waals surface area contributed by atoms with Gasteiger partial charge in [-0.15, -0.1) is 5.10 Å². The molecule has 9 heteroatoms. The monoisotopic (exact) mass is 427 g/mol. The fraction of sp³-hybridized carbons (Fsp3) is 0.375. The van der Waals surface area contributed by atoms with E-state index in [1.807, 2.05) is 18.2 Å². The number of thioether (sulfide) groups is 1. The molecule has 2 rings (SSSR count). The Morgan fingerprint density at radius 2 is 2.28 bits per heavy atom. The summed E-state index contributed by atoms with van der Waals surface area (Å²) in [5.41, 5.74) is 0.746. The number of halogens is 1. The number of nitrogens with zero attached hydrogens (tertiary/aromatic N) is 2. The number of amidine groups is 1. The minimum absolute atomic E-state index is 0.252. The second-order valence-corrected chi connectivity index (χ2v) is 7.84. The zero-order chi connectivity index (χ0) is 18.4. The number of hydrogen-bond donors (Lipinski definition) is 2. The summed E-state index contributed by atoms with van der Waals surface area (Å²) in [6.07, 6.45) is 1.28. The first kappa shape index (κ1) is 19.5. The molecule has 1 aliphatic rings. The molecule has 1 aromatic carbocycles. The van der Waals surface area contributed by atoms with E-state index < -0.39 is 11.2 Å². The third-order valence-corrected chi connectivity index (χ3v) is 4.59. The summed E-state index contributed by atoms with van der Waals surface area (Å²) in [6.45, 7) is 4.71. The Morgan fingerprint density at radius 1 is 1.52 bits per heavy atom. The molecule has 1 aliphatic heterocycles. The topological polar surface area (TPSA) is 100 Å². The van der Waals surface area contributed by atoms with E-state index in [0.29, 0.717) is 18.3 Å². The van der Waals surface area contributed by atoms with Crippen LogP contribution in [-0.2, 0) is 9.59 Å². The van der Waals surface area contributed by atoms with Crippen LogP contribution in [0, 0.1) is 5.92 Å². The highest BCUT2D eigenvalue weighted by Gasteiger charge is 2.32. The van der Waals surface area contributed by atoms with Crippen molar-refractivity contribution in [3.8, 4) is 5.75 Å². The van der Waals surface area contributed by atoms with Crippen LogP contribution < -0.4 is 10.1 Å². The highest BCUT2D eigenvalue weighted by Crippen LogP contribution is 2.24. The molecule has 1 aromatic rings. The molecule has 1 saturated heterocycles. The maximum Gasteiger partial charge on any atom is 0.305 e. The number of carboxylic acids is 1. The Kier molecular flexibility index (Phi) is 7.01. The summed E-state index contributed by atoms with van der Waals surface area (Å²) in [7, 11) is 0. The minimum Gasteiger partial charge on any atom is -0.493 e. The summed E-state index contributed by atoms with van der Waals surface area (Å²) in [5, 5.41) is 18.8. The zero-order valence-corrected chi connectivity index (χ0v) is 16.1. The number of rotatable bonds is 7. The number of ether oxygens (including phenoxy) is 1. The maximum atomic E-state index is 11.6. The number of nitrogens with one attached hydrogen (secondary N) is 1. The Hall–Kier alpha value is -1.87. The predicted molar refractivity (Wildman–Crippen MR) is 101 cm³/mol. The Morgan fingerprint density at radius 3 is 2.96 bits per heavy atom. The molecule has 134 valence electrons. The van der Waals surface area contributed by atoms with Gasteiger partial charge in [0.1, 0.15) is 11.0 Å². The van der Waals surface area contributed by atoms with Gasteiger partial charge in [0.2, 0.25) is 5.91 Å². The SMILES string of the molecule is CC(C)COc1ccc(Br)cc1C=NN=C1NC(=O)C(CC(=O)O)S1. The number of carbonyl (C=O) groups is 2. The van der Waals surface area contributed by atoms with Gasteiger partial charge >= 0.3 is 5.97 Å². The number of hydrogen-bond acceptors (Lipinski definition) is 6. The predicted octanol–water partition coefficient (Wildman–Crippen LogP) is 2.88. The highest BCUT2D eigenvalue weighted by molar-refractivity contribution is 9.10. The van der Waals surface area contributed by atoms with Crippen molar-refractivity contribution in [2.24, 2.45) is 16.1 Å². The lowest BCUT2D eigenvalue weighted by Crippen LogP contribution is -2.26. The standard InChI is InChI=1S/C16H18BrN3O4S/c1-9(2)8-24-12-4-3-11(17)5-10(12)7-18-20-16-19-15(23)13(25-16)6-14(21)22/h3-5,7,9,13H,6,8H2,1-2H3,(H,21,22)(H,19,20,23). The van der Waals surface area contributed by atoms with Crippen LogP contribution in [0.25, 0.3) is 0 Å². The van der Waals surface area contributed by atoms with Gasteiger partial charge in [0, 0.05) is 10.0 Å². The molecule has 0 bridgehead atoms. The number of aliphatic carboxylic acids is 1. The van der Waals surface area contributed by atoms with Crippen molar-refractivity contribution in [3.05, 3.63) is 28.2 Å². The van der Waals surface area contributed by atoms with E-state index in [1.54, 1.807) is 0 Å². The summed E-state index contributed by atoms with van der Waals surface area (Å²) in [6, 6.07) is 5.57. The molecule has 1 atom stereocenters. The summed E-state index contributed by atoms with van der Waals surface area (Å²) in [5.74, 6) is -0.319. The van der Waals surface area contributed by atoms with Crippen molar-refractivity contribution in [2.75, 3.05) is 6.61 Å². The smallest absolute Gasteiger partial charge is 0.305 e. The fourth-order valence-electron chi connectivity index (χ4n) is 1.90. The normalized spacial score (nSPS) is 19.0. The van der Waals surface area contributed by atoms with Crippen molar-refractivity contribution < 1.29 is 19.4 Å². The van der Waals surface area contributed by atoms with E-state index in [4.69, 9.17) is 9.84 Å². The van der Waals surface area contributed by atoms with E-state index in [2.05, 4.69) is 45.3 Å². The van der Waals surface area contributed by atoms with E-state index in [-0.39, 0.29) is 17.5 Å². The van der Waals surface area contributed by atoms with Crippen LogP contribution in [-0.4, -0.2) is 40.2 Å². The number of amides is 1. The van der Waals surface area contributed by atoms with E-state index >= 15 is 0 Å². The van der Waals surface area contributed by atoms with Gasteiger partial charge in [-0.25, -0.2) is 0 Å². The van der Waals surface area contributed by atoms with Crippen molar-refractivity contribution >= 4 is 51.0 Å². The van der Waals surface area contributed by atoms with Crippen LogP contribution in [0.15, 0.2) is 32.9 Å². The Bertz CT molecular complexity index is 721. The van der Waals surface area contributed by atoms with Gasteiger partial charge in [-0.3, -0.25) is 9.59 Å². The van der Waals surface area contributed by atoms with Crippen LogP contribution in [0.1, 0.15) is 25.8 Å². The molecule has 0 aromatic heterocycles. The van der Waals surface area contributed by atoms with E-state index in [1.165, 1.54) is 6.21 Å². The molecule has 7 nitrogen and oxygen atoms in total. The minimum atomic E-state index is -1.03. The van der Waals surface area contributed by atoms with Crippen LogP contribution in [0.5, 0.6) is 5.75 Å². The second-order valence-electron chi connectivity index (χ2n) is 5.73. The average Bonchev–Trinajstić information content (AvgIpc) is 2.85. The maximum absolute atomic E-state index is 11.6. The van der Waals surface area contributed by atoms with Gasteiger partial charge in [0.05, 0.1) is 19.2 Å². The van der Waals surface area contributed by atoms with Gasteiger partial charge in [0.25, 0.3) is 0 Å². The lowest BCUT2D eigenvalue weighted by Gasteiger charge is -2.11. The Balaban J connectivity index is 2.07. The molecule has 0 aliphatic carbocycles. The van der Waals surface area contributed by atoms with Gasteiger partial charge in [0.15, 0.2) is 5.17 Å². The van der Waals surface area contributed by atoms with Crippen molar-refractivity contribution in [1.82, 2.24) is 5.32 Å². The van der Waals surface area contributed by atoms with Gasteiger partial charge in [-0.1, -0.05) is 41.5 Å². The number of benzene rings is 1. The third kappa shape index (κ3) is 6.17. The Labute approximate surface area is 158 Å². The quantitative estimate of drug-likeness (QED) is 0.514. The van der Waals surface area contributed by atoms with Gasteiger partial charge in [-0.2, -0.15) is 5.10 Å². The van der Waals surface area contributed by atoms with Crippen LogP contribution in [0.3, 0.4) is 0 Å². The zero-order valence-electron chi connectivity index (χ0n) is 13.7. The first-order valence-electron chi connectivity index (χ1n) is 7.58. The van der Waals surface area contributed by atoms with Crippen LogP contribution in [0.4, 0.5) is 0 Å². The van der Waals surface area contributed by atoms with E-state index in [0.717, 1.165) is 21.8 Å². The van der Waals surface area contributed by atoms with Crippen LogP contribution >= 0.6 is 27.7 Å². The van der Waals surface area contributed by atoms with Crippen molar-refractivity contribution in [2.45, 2.75) is 25.5 Å². The van der Waals surface area contributed by atoms with Crippen molar-refractivity contribution in [3.63, 3.8) is 0 Å². The summed E-state index contributed by atoms with van der Waals surface area (Å²) in [4.78, 5) is 22.4. The molecule has 2 N–H and O–H groups in total. The molecule has 25 heavy (non-hydrogen) atoms. The first-order chi connectivity index (χ1) is 11.8. The van der Waals surface area contributed by atoms with Crippen LogP contribution in [0.2, 0.25) is 0 Å². The average molecular weight is 428 g/mol. The highest BCUT2D eigenvalue weighted by atomic mass is 79.9. The van der Waals surface area contributed by atoms with Crippen molar-refractivity contribution in [1.29, 1.82) is 0 Å². The molecule has 1 unspecified atom stereocenters. The summed E-state index contributed by atoms with van der Waals surface area (Å²) < 4.78 is 6.63. The summed E-state index contributed by atoms with van der Waals surface area (Å²) >= 11 is 4.46. The van der Waals surface area contributed by atoms with Gasteiger partial charge in [-0.05, 0) is 24.1 Å². The third-order valence-electron chi connectivity index (χ3n) is 3.03. The van der Waals surface area contributed by atoms with E-state index in [9.17, 15) is 9.59 Å². The number of carboxylic acid groups (broad SMARTS) is 1. The molecule has 0 saturated carbocycles. The lowest BCUT2D eigenvalue weighted by atomic mass is 10.2. The molecule has 1 amide bonds. The largest absolute Gasteiger partial charge is 0.493 e. The first-order valence-corrected chi connectivity index (χ1v) is 9.25. The molecular weight excluding hydrogens is 410 g/mol.